The van der Waals surface area contributed by atoms with Gasteiger partial charge in [0.2, 0.25) is 0 Å². The topological polar surface area (TPSA) is 71.6 Å². The van der Waals surface area contributed by atoms with Crippen molar-refractivity contribution in [3.05, 3.63) is 70.1 Å². The van der Waals surface area contributed by atoms with E-state index >= 15 is 0 Å². The van der Waals surface area contributed by atoms with Gasteiger partial charge in [0.1, 0.15) is 11.6 Å². The van der Waals surface area contributed by atoms with Gasteiger partial charge in [0, 0.05) is 16.7 Å². The molecule has 0 unspecified atom stereocenters. The number of thioether (sulfide) groups is 1. The first-order chi connectivity index (χ1) is 12.6. The maximum Gasteiger partial charge on any atom is 0.340 e. The lowest BCUT2D eigenvalue weighted by molar-refractivity contribution is 0.0529. The van der Waals surface area contributed by atoms with Crippen molar-refractivity contribution in [2.45, 2.75) is 11.8 Å². The van der Waals surface area contributed by atoms with E-state index in [1.807, 2.05) is 36.6 Å². The zero-order valence-corrected chi connectivity index (χ0v) is 15.2. The van der Waals surface area contributed by atoms with Gasteiger partial charge in [-0.25, -0.2) is 4.79 Å². The Hall–Kier alpha value is -3.04. The van der Waals surface area contributed by atoms with E-state index in [9.17, 15) is 14.9 Å². The zero-order chi connectivity index (χ0) is 18.7. The molecule has 0 N–H and O–H groups in total. The Labute approximate surface area is 154 Å². The second-order valence-electron chi connectivity index (χ2n) is 5.45. The van der Waals surface area contributed by atoms with Crippen molar-refractivity contribution in [2.75, 3.05) is 12.9 Å². The Morgan fingerprint density at radius 2 is 1.96 bits per heavy atom. The average molecular weight is 364 g/mol. The van der Waals surface area contributed by atoms with Crippen LogP contribution in [0.1, 0.15) is 22.8 Å². The highest BCUT2D eigenvalue weighted by Gasteiger charge is 2.24. The van der Waals surface area contributed by atoms with Gasteiger partial charge in [-0.3, -0.25) is 9.20 Å². The predicted octanol–water partition coefficient (Wildman–Crippen LogP) is 3.74. The van der Waals surface area contributed by atoms with Gasteiger partial charge in [-0.15, -0.1) is 11.8 Å². The summed E-state index contributed by atoms with van der Waals surface area (Å²) in [5, 5.41) is 9.64. The van der Waals surface area contributed by atoms with Crippen LogP contribution in [0.4, 0.5) is 0 Å². The summed E-state index contributed by atoms with van der Waals surface area (Å²) >= 11 is 1.58. The summed E-state index contributed by atoms with van der Waals surface area (Å²) in [7, 11) is 0. The molecule has 130 valence electrons. The van der Waals surface area contributed by atoms with Crippen molar-refractivity contribution < 1.29 is 9.53 Å². The van der Waals surface area contributed by atoms with Crippen LogP contribution < -0.4 is 5.56 Å². The zero-order valence-electron chi connectivity index (χ0n) is 14.4. The number of carbonyl (C=O) groups excluding carboxylic acids is 1. The minimum atomic E-state index is -0.559. The van der Waals surface area contributed by atoms with E-state index in [0.29, 0.717) is 16.6 Å². The highest BCUT2D eigenvalue weighted by molar-refractivity contribution is 7.98. The number of pyridine rings is 2. The minimum Gasteiger partial charge on any atom is -0.462 e. The molecule has 2 heterocycles. The molecule has 0 bridgehead atoms. The Bertz CT molecular complexity index is 1080. The lowest BCUT2D eigenvalue weighted by Crippen LogP contribution is -2.22. The minimum absolute atomic E-state index is 0.0753. The molecule has 0 aliphatic rings. The summed E-state index contributed by atoms with van der Waals surface area (Å²) in [6.45, 7) is 1.91. The highest BCUT2D eigenvalue weighted by Crippen LogP contribution is 2.31. The fourth-order valence-corrected chi connectivity index (χ4v) is 3.27. The number of hydrogen-bond acceptors (Lipinski definition) is 5. The van der Waals surface area contributed by atoms with Crippen LogP contribution in [-0.4, -0.2) is 23.2 Å². The molecule has 3 rings (SSSR count). The third-order valence-electron chi connectivity index (χ3n) is 4.02. The van der Waals surface area contributed by atoms with E-state index in [2.05, 4.69) is 0 Å². The number of nitrogens with zero attached hydrogens (tertiary/aromatic N) is 2. The monoisotopic (exact) mass is 364 g/mol. The van der Waals surface area contributed by atoms with Crippen molar-refractivity contribution in [1.29, 1.82) is 5.26 Å². The normalized spacial score (nSPS) is 10.5. The van der Waals surface area contributed by atoms with Crippen LogP contribution in [0.25, 0.3) is 16.6 Å². The number of carbonyl (C=O) groups is 1. The lowest BCUT2D eigenvalue weighted by Gasteiger charge is -2.15. The van der Waals surface area contributed by atoms with Crippen LogP contribution in [0.5, 0.6) is 0 Å². The Morgan fingerprint density at radius 1 is 1.23 bits per heavy atom. The van der Waals surface area contributed by atoms with Gasteiger partial charge in [-0.2, -0.15) is 5.26 Å². The first-order valence-corrected chi connectivity index (χ1v) is 9.23. The SMILES string of the molecule is CCOC(=O)c1c(-c2ccc(SC)cc2)c(C#N)c(=O)n2ccccc12. The summed E-state index contributed by atoms with van der Waals surface area (Å²) in [4.78, 5) is 26.5. The van der Waals surface area contributed by atoms with Crippen LogP contribution in [0.15, 0.2) is 58.4 Å². The Balaban J connectivity index is 2.45. The third-order valence-corrected chi connectivity index (χ3v) is 4.76. The average Bonchev–Trinajstić information content (AvgIpc) is 2.68. The quantitative estimate of drug-likeness (QED) is 0.521. The first kappa shape index (κ1) is 17.8. The molecule has 2 aromatic heterocycles. The van der Waals surface area contributed by atoms with E-state index in [4.69, 9.17) is 4.74 Å². The van der Waals surface area contributed by atoms with Crippen molar-refractivity contribution in [2.24, 2.45) is 0 Å². The molecule has 3 aromatic rings. The number of rotatable bonds is 4. The molecule has 0 aliphatic heterocycles. The number of fused-ring (bicyclic) bond motifs is 1. The van der Waals surface area contributed by atoms with Gasteiger partial charge in [-0.05, 0) is 43.0 Å². The van der Waals surface area contributed by atoms with Gasteiger partial charge in [-0.1, -0.05) is 18.2 Å². The van der Waals surface area contributed by atoms with Crippen molar-refractivity contribution >= 4 is 23.2 Å². The molecule has 0 atom stereocenters. The van der Waals surface area contributed by atoms with Gasteiger partial charge in [0.25, 0.3) is 5.56 Å². The number of nitriles is 1. The third kappa shape index (κ3) is 2.98. The van der Waals surface area contributed by atoms with Crippen LogP contribution in [-0.2, 0) is 4.74 Å². The van der Waals surface area contributed by atoms with Crippen molar-refractivity contribution in [3.8, 4) is 17.2 Å². The van der Waals surface area contributed by atoms with E-state index in [-0.39, 0.29) is 17.7 Å². The summed E-state index contributed by atoms with van der Waals surface area (Å²) in [5.41, 5.74) is 1.05. The van der Waals surface area contributed by atoms with E-state index < -0.39 is 11.5 Å². The Morgan fingerprint density at radius 3 is 2.58 bits per heavy atom. The first-order valence-electron chi connectivity index (χ1n) is 8.01. The van der Waals surface area contributed by atoms with Crippen LogP contribution in [0.2, 0.25) is 0 Å². The molecule has 0 aliphatic carbocycles. The highest BCUT2D eigenvalue weighted by atomic mass is 32.2. The van der Waals surface area contributed by atoms with E-state index in [1.165, 1.54) is 4.40 Å². The summed E-state index contributed by atoms with van der Waals surface area (Å²) < 4.78 is 6.52. The largest absolute Gasteiger partial charge is 0.462 e. The molecule has 0 saturated heterocycles. The summed E-state index contributed by atoms with van der Waals surface area (Å²) in [5.74, 6) is -0.559. The fourth-order valence-electron chi connectivity index (χ4n) is 2.86. The van der Waals surface area contributed by atoms with Gasteiger partial charge in [0.05, 0.1) is 17.7 Å². The summed E-state index contributed by atoms with van der Waals surface area (Å²) in [6, 6.07) is 14.5. The molecule has 0 spiro atoms. The number of ether oxygens (including phenoxy) is 1. The Kier molecular flexibility index (Phi) is 5.10. The molecular weight excluding hydrogens is 348 g/mol. The van der Waals surface area contributed by atoms with Crippen LogP contribution in [0.3, 0.4) is 0 Å². The van der Waals surface area contributed by atoms with Crippen LogP contribution >= 0.6 is 11.8 Å². The predicted molar refractivity (Wildman–Crippen MR) is 102 cm³/mol. The maximum absolute atomic E-state index is 12.8. The second kappa shape index (κ2) is 7.46. The molecule has 0 fully saturated rings. The lowest BCUT2D eigenvalue weighted by atomic mass is 9.95. The van der Waals surface area contributed by atoms with Gasteiger partial charge in [0.15, 0.2) is 0 Å². The molecular formula is C20H16N2O3S. The molecule has 5 nitrogen and oxygen atoms in total. The molecule has 0 saturated carbocycles. The second-order valence-corrected chi connectivity index (χ2v) is 6.33. The number of aromatic nitrogens is 1. The smallest absolute Gasteiger partial charge is 0.340 e. The molecule has 0 amide bonds. The maximum atomic E-state index is 12.8. The van der Waals surface area contributed by atoms with Gasteiger partial charge < -0.3 is 4.74 Å². The van der Waals surface area contributed by atoms with Crippen molar-refractivity contribution in [1.82, 2.24) is 4.40 Å². The molecule has 6 heteroatoms. The molecule has 0 radical (unpaired) electrons. The van der Waals surface area contributed by atoms with E-state index in [1.54, 1.807) is 43.1 Å². The summed E-state index contributed by atoms with van der Waals surface area (Å²) in [6.07, 6.45) is 3.50. The van der Waals surface area contributed by atoms with Gasteiger partial charge >= 0.3 is 5.97 Å². The van der Waals surface area contributed by atoms with Crippen molar-refractivity contribution in [3.63, 3.8) is 0 Å². The fraction of sp³-hybridized carbons (Fsp3) is 0.150. The number of hydrogen-bond donors (Lipinski definition) is 0. The molecule has 26 heavy (non-hydrogen) atoms. The standard InChI is InChI=1S/C20H16N2O3S/c1-3-25-20(24)18-16-6-4-5-11-22(16)19(23)15(12-21)17(18)13-7-9-14(26-2)10-8-13/h4-11H,3H2,1-2H3. The number of esters is 1. The number of benzene rings is 1. The molecule has 1 aromatic carbocycles. The van der Waals surface area contributed by atoms with Crippen LogP contribution in [0, 0.1) is 11.3 Å². The van der Waals surface area contributed by atoms with E-state index in [0.717, 1.165) is 4.90 Å².